The van der Waals surface area contributed by atoms with Crippen molar-refractivity contribution in [3.8, 4) is 0 Å². The Morgan fingerprint density at radius 3 is 1.83 bits per heavy atom. The minimum Gasteiger partial charge on any atom is -0.296 e. The van der Waals surface area contributed by atoms with Crippen LogP contribution in [0.5, 0.6) is 0 Å². The van der Waals surface area contributed by atoms with E-state index >= 15 is 0 Å². The summed E-state index contributed by atoms with van der Waals surface area (Å²) in [4.78, 5) is 1.57. The van der Waals surface area contributed by atoms with E-state index in [2.05, 4.69) is 0 Å². The Morgan fingerprint density at radius 2 is 1.31 bits per heavy atom. The average Bonchev–Trinajstić information content (AvgIpc) is 2.69. The van der Waals surface area contributed by atoms with Crippen molar-refractivity contribution in [3.63, 3.8) is 0 Å². The number of hydrogen-bond donors (Lipinski definition) is 0. The van der Waals surface area contributed by atoms with Gasteiger partial charge in [-0.25, -0.2) is 21.2 Å². The Bertz CT molecular complexity index is 1050. The summed E-state index contributed by atoms with van der Waals surface area (Å²) in [7, 11) is -8.33. The van der Waals surface area contributed by atoms with E-state index in [0.717, 1.165) is 29.8 Å². The SMILES string of the molecule is O=S(=O)(c1ccc(CN2CCN(S(=O)(=O)c3ccc(F)cc3)CC2)cc1)C(F)F. The minimum atomic E-state index is -4.62. The maximum absolute atomic E-state index is 13.0. The zero-order chi connectivity index (χ0) is 21.2. The monoisotopic (exact) mass is 448 g/mol. The fraction of sp³-hybridized carbons (Fsp3) is 0.333. The third kappa shape index (κ3) is 4.80. The predicted molar refractivity (Wildman–Crippen MR) is 100 cm³/mol. The van der Waals surface area contributed by atoms with Crippen molar-refractivity contribution in [2.45, 2.75) is 22.1 Å². The molecule has 0 spiro atoms. The quantitative estimate of drug-likeness (QED) is 0.678. The molecule has 0 bridgehead atoms. The molecule has 0 N–H and O–H groups in total. The van der Waals surface area contributed by atoms with Gasteiger partial charge in [-0.2, -0.15) is 13.1 Å². The van der Waals surface area contributed by atoms with Crippen LogP contribution in [-0.2, 0) is 26.4 Å². The fourth-order valence-corrected chi connectivity index (χ4v) is 5.17. The third-order valence-corrected chi connectivity index (χ3v) is 7.99. The van der Waals surface area contributed by atoms with Crippen LogP contribution in [0.3, 0.4) is 0 Å². The smallest absolute Gasteiger partial charge is 0.296 e. The third-order valence-electron chi connectivity index (χ3n) is 4.68. The number of alkyl halides is 2. The Labute approximate surface area is 167 Å². The van der Waals surface area contributed by atoms with Crippen molar-refractivity contribution >= 4 is 19.9 Å². The first-order valence-corrected chi connectivity index (χ1v) is 11.7. The first-order chi connectivity index (χ1) is 13.6. The van der Waals surface area contributed by atoms with Gasteiger partial charge in [-0.1, -0.05) is 12.1 Å². The molecule has 0 aliphatic carbocycles. The molecule has 0 radical (unpaired) electrons. The van der Waals surface area contributed by atoms with Crippen molar-refractivity contribution < 1.29 is 30.0 Å². The summed E-state index contributed by atoms with van der Waals surface area (Å²) < 4.78 is 87.6. The van der Waals surface area contributed by atoms with Gasteiger partial charge in [0.2, 0.25) is 19.9 Å². The van der Waals surface area contributed by atoms with Crippen LogP contribution in [0.1, 0.15) is 5.56 Å². The van der Waals surface area contributed by atoms with E-state index in [1.807, 2.05) is 4.90 Å². The lowest BCUT2D eigenvalue weighted by atomic mass is 10.2. The van der Waals surface area contributed by atoms with Crippen LogP contribution >= 0.6 is 0 Å². The molecule has 1 aliphatic rings. The van der Waals surface area contributed by atoms with Crippen LogP contribution < -0.4 is 0 Å². The molecule has 2 aromatic carbocycles. The van der Waals surface area contributed by atoms with Crippen LogP contribution in [0.2, 0.25) is 0 Å². The molecule has 158 valence electrons. The van der Waals surface area contributed by atoms with E-state index in [9.17, 15) is 30.0 Å². The second-order valence-electron chi connectivity index (χ2n) is 6.58. The largest absolute Gasteiger partial charge is 0.341 e. The van der Waals surface area contributed by atoms with Crippen LogP contribution in [0, 0.1) is 5.82 Å². The van der Waals surface area contributed by atoms with Gasteiger partial charge in [-0.3, -0.25) is 4.90 Å². The molecule has 1 saturated heterocycles. The summed E-state index contributed by atoms with van der Waals surface area (Å²) in [5.41, 5.74) is 0.730. The number of nitrogens with zero attached hydrogens (tertiary/aromatic N) is 2. The normalized spacial score (nSPS) is 17.0. The lowest BCUT2D eigenvalue weighted by molar-refractivity contribution is 0.181. The van der Waals surface area contributed by atoms with Crippen molar-refractivity contribution in [1.29, 1.82) is 0 Å². The molecule has 0 aromatic heterocycles. The Balaban J connectivity index is 1.61. The molecule has 0 amide bonds. The maximum atomic E-state index is 13.0. The molecular weight excluding hydrogens is 429 g/mol. The van der Waals surface area contributed by atoms with Gasteiger partial charge in [0, 0.05) is 32.7 Å². The number of piperazine rings is 1. The van der Waals surface area contributed by atoms with Gasteiger partial charge in [0.05, 0.1) is 9.79 Å². The summed E-state index contributed by atoms with van der Waals surface area (Å²) in [6, 6.07) is 9.88. The van der Waals surface area contributed by atoms with Gasteiger partial charge >= 0.3 is 5.76 Å². The van der Waals surface area contributed by atoms with Crippen molar-refractivity contribution in [3.05, 3.63) is 59.9 Å². The Hall–Kier alpha value is -1.95. The summed E-state index contributed by atoms with van der Waals surface area (Å²) in [5.74, 6) is -3.98. The van der Waals surface area contributed by atoms with Crippen LogP contribution in [0.15, 0.2) is 58.3 Å². The number of benzene rings is 2. The van der Waals surface area contributed by atoms with E-state index in [1.54, 1.807) is 0 Å². The molecule has 3 rings (SSSR count). The van der Waals surface area contributed by atoms with Gasteiger partial charge in [0.25, 0.3) is 0 Å². The average molecular weight is 448 g/mol. The van der Waals surface area contributed by atoms with E-state index < -0.39 is 36.3 Å². The number of halogens is 3. The highest BCUT2D eigenvalue weighted by Crippen LogP contribution is 2.21. The molecule has 0 unspecified atom stereocenters. The lowest BCUT2D eigenvalue weighted by Gasteiger charge is -2.34. The van der Waals surface area contributed by atoms with Gasteiger partial charge in [0.1, 0.15) is 5.82 Å². The molecule has 2 aromatic rings. The zero-order valence-corrected chi connectivity index (χ0v) is 16.8. The summed E-state index contributed by atoms with van der Waals surface area (Å²) in [6.07, 6.45) is 0. The number of sulfone groups is 1. The number of hydrogen-bond acceptors (Lipinski definition) is 5. The second-order valence-corrected chi connectivity index (χ2v) is 10.4. The fourth-order valence-electron chi connectivity index (χ4n) is 3.03. The van der Waals surface area contributed by atoms with E-state index in [4.69, 9.17) is 0 Å². The molecule has 1 fully saturated rings. The minimum absolute atomic E-state index is 0.0307. The number of rotatable bonds is 6. The van der Waals surface area contributed by atoms with Crippen molar-refractivity contribution in [2.24, 2.45) is 0 Å². The molecule has 0 atom stereocenters. The van der Waals surface area contributed by atoms with Crippen LogP contribution in [0.4, 0.5) is 13.2 Å². The highest BCUT2D eigenvalue weighted by molar-refractivity contribution is 7.91. The molecule has 1 aliphatic heterocycles. The first-order valence-electron chi connectivity index (χ1n) is 8.70. The highest BCUT2D eigenvalue weighted by Gasteiger charge is 2.29. The molecule has 11 heteroatoms. The van der Waals surface area contributed by atoms with Crippen LogP contribution in [-0.4, -0.2) is 58.0 Å². The first kappa shape index (κ1) is 21.8. The van der Waals surface area contributed by atoms with E-state index in [1.165, 1.54) is 28.6 Å². The van der Waals surface area contributed by atoms with Gasteiger partial charge in [-0.15, -0.1) is 0 Å². The molecule has 0 saturated carbocycles. The Kier molecular flexibility index (Phi) is 6.32. The van der Waals surface area contributed by atoms with E-state index in [0.29, 0.717) is 19.6 Å². The summed E-state index contributed by atoms with van der Waals surface area (Å²) in [5, 5.41) is 0. The molecule has 29 heavy (non-hydrogen) atoms. The topological polar surface area (TPSA) is 74.8 Å². The number of sulfonamides is 1. The van der Waals surface area contributed by atoms with Crippen molar-refractivity contribution in [2.75, 3.05) is 26.2 Å². The van der Waals surface area contributed by atoms with Crippen molar-refractivity contribution in [1.82, 2.24) is 9.21 Å². The standard InChI is InChI=1S/C18H19F3N2O4S2/c19-15-3-7-17(8-4-15)29(26,27)23-11-9-22(10-12-23)13-14-1-5-16(6-2-14)28(24,25)18(20)21/h1-8,18H,9-13H2. The van der Waals surface area contributed by atoms with Crippen LogP contribution in [0.25, 0.3) is 0 Å². The van der Waals surface area contributed by atoms with Gasteiger partial charge < -0.3 is 0 Å². The van der Waals surface area contributed by atoms with Gasteiger partial charge in [-0.05, 0) is 42.0 Å². The zero-order valence-electron chi connectivity index (χ0n) is 15.2. The van der Waals surface area contributed by atoms with E-state index in [-0.39, 0.29) is 18.0 Å². The lowest BCUT2D eigenvalue weighted by Crippen LogP contribution is -2.48. The highest BCUT2D eigenvalue weighted by atomic mass is 32.2. The molecular formula is C18H19F3N2O4S2. The summed E-state index contributed by atoms with van der Waals surface area (Å²) >= 11 is 0. The molecule has 6 nitrogen and oxygen atoms in total. The summed E-state index contributed by atoms with van der Waals surface area (Å²) in [6.45, 7) is 1.81. The van der Waals surface area contributed by atoms with Gasteiger partial charge in [0.15, 0.2) is 0 Å². The Morgan fingerprint density at radius 1 is 0.793 bits per heavy atom. The second kappa shape index (κ2) is 8.42. The molecule has 1 heterocycles. The maximum Gasteiger partial charge on any atom is 0.341 e. The predicted octanol–water partition coefficient (Wildman–Crippen LogP) is 2.33.